The third kappa shape index (κ3) is 7.54. The summed E-state index contributed by atoms with van der Waals surface area (Å²) in [5, 5.41) is 10.2. The van der Waals surface area contributed by atoms with Crippen LogP contribution in [0.3, 0.4) is 0 Å². The molecule has 6 rings (SSSR count). The number of sulfonamides is 1. The van der Waals surface area contributed by atoms with Gasteiger partial charge in [0.1, 0.15) is 11.5 Å². The molecular formula is C31H30F5N5O5S. The predicted molar refractivity (Wildman–Crippen MR) is 165 cm³/mol. The van der Waals surface area contributed by atoms with E-state index in [1.807, 2.05) is 24.3 Å². The zero-order valence-corrected chi connectivity index (χ0v) is 25.5. The number of nitrogens with one attached hydrogen (secondary N) is 3. The number of aromatic amines is 1. The molecule has 0 atom stereocenters. The molecule has 2 aromatic heterocycles. The molecule has 2 aliphatic rings. The number of carbonyl (C=O) groups is 2. The highest BCUT2D eigenvalue weighted by Crippen LogP contribution is 2.32. The first-order valence-corrected chi connectivity index (χ1v) is 16.2. The molecule has 1 aliphatic carbocycles. The highest BCUT2D eigenvalue weighted by molar-refractivity contribution is 7.93. The zero-order chi connectivity index (χ0) is 33.9. The number of alkyl halides is 3. The van der Waals surface area contributed by atoms with Crippen molar-refractivity contribution in [2.75, 3.05) is 35.8 Å². The normalized spacial score (nSPS) is 15.7. The minimum atomic E-state index is -5.08. The lowest BCUT2D eigenvalue weighted by atomic mass is 9.99. The molecule has 2 fully saturated rings. The molecule has 2 aromatic carbocycles. The number of carboxylic acids is 1. The van der Waals surface area contributed by atoms with E-state index in [0.29, 0.717) is 23.9 Å². The molecule has 3 heterocycles. The molecule has 1 aliphatic heterocycles. The summed E-state index contributed by atoms with van der Waals surface area (Å²) in [7, 11) is -3.87. The first-order valence-electron chi connectivity index (χ1n) is 14.6. The highest BCUT2D eigenvalue weighted by Gasteiger charge is 2.38. The van der Waals surface area contributed by atoms with Crippen LogP contribution in [0.4, 0.5) is 33.3 Å². The van der Waals surface area contributed by atoms with Crippen molar-refractivity contribution in [1.29, 1.82) is 0 Å². The van der Waals surface area contributed by atoms with Crippen LogP contribution in [0.1, 0.15) is 41.6 Å². The fraction of sp³-hybridized carbons (Fsp3) is 0.323. The average Bonchev–Trinajstić information content (AvgIpc) is 3.74. The SMILES string of the molecule is O=C(O)C(F)(F)F.O=C(c1c(F)ccc(NS(=O)(=O)C2CCCC2)c1F)c1c[nH]c2ncc(-c3ccc(N4CCNCC4)cc3)cc12. The molecule has 250 valence electrons. The van der Waals surface area contributed by atoms with Crippen LogP contribution >= 0.6 is 0 Å². The fourth-order valence-corrected chi connectivity index (χ4v) is 7.13. The van der Waals surface area contributed by atoms with Crippen LogP contribution in [0, 0.1) is 11.6 Å². The van der Waals surface area contributed by atoms with E-state index in [9.17, 15) is 30.8 Å². The van der Waals surface area contributed by atoms with Gasteiger partial charge in [0.05, 0.1) is 16.5 Å². The molecule has 0 amide bonds. The van der Waals surface area contributed by atoms with Crippen LogP contribution in [-0.4, -0.2) is 72.9 Å². The Morgan fingerprint density at radius 3 is 2.23 bits per heavy atom. The van der Waals surface area contributed by atoms with Crippen LogP contribution in [0.15, 0.2) is 54.9 Å². The molecule has 0 unspecified atom stereocenters. The van der Waals surface area contributed by atoms with E-state index < -0.39 is 56.1 Å². The van der Waals surface area contributed by atoms with Gasteiger partial charge in [-0.3, -0.25) is 9.52 Å². The number of ketones is 1. The van der Waals surface area contributed by atoms with Crippen molar-refractivity contribution < 1.29 is 45.1 Å². The lowest BCUT2D eigenvalue weighted by Crippen LogP contribution is -2.43. The first-order chi connectivity index (χ1) is 22.3. The van der Waals surface area contributed by atoms with Gasteiger partial charge >= 0.3 is 12.1 Å². The third-order valence-electron chi connectivity index (χ3n) is 8.01. The Bertz CT molecular complexity index is 1890. The van der Waals surface area contributed by atoms with Gasteiger partial charge in [0, 0.05) is 60.8 Å². The Kier molecular flexibility index (Phi) is 9.81. The van der Waals surface area contributed by atoms with E-state index in [-0.39, 0.29) is 5.56 Å². The minimum Gasteiger partial charge on any atom is -0.475 e. The largest absolute Gasteiger partial charge is 0.490 e. The van der Waals surface area contributed by atoms with E-state index in [1.165, 1.54) is 6.20 Å². The number of pyridine rings is 1. The number of nitrogens with zero attached hydrogens (tertiary/aromatic N) is 2. The van der Waals surface area contributed by atoms with Crippen LogP contribution < -0.4 is 14.9 Å². The number of fused-ring (bicyclic) bond motifs is 1. The van der Waals surface area contributed by atoms with E-state index in [4.69, 9.17) is 9.90 Å². The topological polar surface area (TPSA) is 144 Å². The van der Waals surface area contributed by atoms with Gasteiger partial charge < -0.3 is 20.3 Å². The molecule has 16 heteroatoms. The van der Waals surface area contributed by atoms with Gasteiger partial charge in [0.2, 0.25) is 15.8 Å². The van der Waals surface area contributed by atoms with Crippen LogP contribution in [0.2, 0.25) is 0 Å². The van der Waals surface area contributed by atoms with E-state index >= 15 is 4.39 Å². The van der Waals surface area contributed by atoms with E-state index in [2.05, 4.69) is 24.9 Å². The lowest BCUT2D eigenvalue weighted by Gasteiger charge is -2.29. The van der Waals surface area contributed by atoms with Gasteiger partial charge in [-0.05, 0) is 48.7 Å². The van der Waals surface area contributed by atoms with Crippen molar-refractivity contribution in [3.63, 3.8) is 0 Å². The molecule has 1 saturated carbocycles. The monoisotopic (exact) mass is 679 g/mol. The van der Waals surface area contributed by atoms with Crippen LogP contribution in [0.25, 0.3) is 22.2 Å². The number of carbonyl (C=O) groups excluding carboxylic acids is 1. The van der Waals surface area contributed by atoms with Crippen LogP contribution in [-0.2, 0) is 14.8 Å². The van der Waals surface area contributed by atoms with Gasteiger partial charge in [-0.1, -0.05) is 25.0 Å². The molecule has 0 bridgehead atoms. The number of piperazine rings is 1. The Morgan fingerprint density at radius 2 is 1.62 bits per heavy atom. The molecule has 4 aromatic rings. The number of anilines is 2. The van der Waals surface area contributed by atoms with Crippen molar-refractivity contribution in [3.05, 3.63) is 77.6 Å². The summed E-state index contributed by atoms with van der Waals surface area (Å²) in [6.45, 7) is 3.72. The van der Waals surface area contributed by atoms with E-state index in [0.717, 1.165) is 68.0 Å². The summed E-state index contributed by atoms with van der Waals surface area (Å²) in [4.78, 5) is 32.0. The number of hydrogen-bond donors (Lipinski definition) is 4. The Balaban J connectivity index is 0.000000559. The number of H-pyrrole nitrogens is 1. The van der Waals surface area contributed by atoms with Crippen molar-refractivity contribution in [1.82, 2.24) is 15.3 Å². The summed E-state index contributed by atoms with van der Waals surface area (Å²) >= 11 is 0. The minimum absolute atomic E-state index is 0.0374. The summed E-state index contributed by atoms with van der Waals surface area (Å²) in [6.07, 6.45) is 0.467. The van der Waals surface area contributed by atoms with Crippen molar-refractivity contribution in [2.24, 2.45) is 0 Å². The quantitative estimate of drug-likeness (QED) is 0.149. The molecule has 1 saturated heterocycles. The number of aliphatic carboxylic acids is 1. The molecule has 0 radical (unpaired) electrons. The molecule has 4 N–H and O–H groups in total. The van der Waals surface area contributed by atoms with Gasteiger partial charge in [0.15, 0.2) is 5.82 Å². The fourth-order valence-electron chi connectivity index (χ4n) is 5.55. The number of rotatable bonds is 7. The summed E-state index contributed by atoms with van der Waals surface area (Å²) in [5.41, 5.74) is 1.91. The molecular weight excluding hydrogens is 649 g/mol. The second-order valence-electron chi connectivity index (χ2n) is 11.1. The molecule has 47 heavy (non-hydrogen) atoms. The number of aromatic nitrogens is 2. The van der Waals surface area contributed by atoms with Gasteiger partial charge in [-0.25, -0.2) is 27.0 Å². The van der Waals surface area contributed by atoms with Crippen molar-refractivity contribution in [2.45, 2.75) is 37.1 Å². The summed E-state index contributed by atoms with van der Waals surface area (Å²) < 4.78 is 89.8. The maximum Gasteiger partial charge on any atom is 0.490 e. The highest BCUT2D eigenvalue weighted by atomic mass is 32.2. The molecule has 0 spiro atoms. The standard InChI is InChI=1S/C29H29F2N5O3S.C2HF3O2/c30-24-9-10-25(35-40(38,39)21-3-1-2-4-21)27(31)26(24)28(37)23-17-34-29-22(23)15-19(16-33-29)18-5-7-20(8-6-18)36-13-11-32-12-14-36;3-2(4,5)1(6)7/h5-10,15-17,21,32,35H,1-4,11-14H2,(H,33,34);(H,6,7). The second kappa shape index (κ2) is 13.7. The van der Waals surface area contributed by atoms with Gasteiger partial charge in [0.25, 0.3) is 0 Å². The number of carboxylic acid groups (broad SMARTS) is 1. The summed E-state index contributed by atoms with van der Waals surface area (Å²) in [6, 6.07) is 11.7. The lowest BCUT2D eigenvalue weighted by molar-refractivity contribution is -0.192. The third-order valence-corrected chi connectivity index (χ3v) is 9.87. The Hall–Kier alpha value is -4.57. The maximum absolute atomic E-state index is 15.5. The molecule has 10 nitrogen and oxygen atoms in total. The van der Waals surface area contributed by atoms with E-state index in [1.54, 1.807) is 12.3 Å². The van der Waals surface area contributed by atoms with Gasteiger partial charge in [-0.15, -0.1) is 0 Å². The van der Waals surface area contributed by atoms with Crippen molar-refractivity contribution >= 4 is 44.2 Å². The second-order valence-corrected chi connectivity index (χ2v) is 13.0. The number of hydrogen-bond acceptors (Lipinski definition) is 7. The summed E-state index contributed by atoms with van der Waals surface area (Å²) in [5.74, 6) is -5.98. The average molecular weight is 680 g/mol. The zero-order valence-electron chi connectivity index (χ0n) is 24.7. The van der Waals surface area contributed by atoms with Crippen molar-refractivity contribution in [3.8, 4) is 11.1 Å². The number of benzene rings is 2. The predicted octanol–water partition coefficient (Wildman–Crippen LogP) is 5.47. The van der Waals surface area contributed by atoms with Gasteiger partial charge in [-0.2, -0.15) is 13.2 Å². The first kappa shape index (κ1) is 33.8. The smallest absolute Gasteiger partial charge is 0.475 e. The Labute approximate surface area is 266 Å². The van der Waals surface area contributed by atoms with Crippen LogP contribution in [0.5, 0.6) is 0 Å². The maximum atomic E-state index is 15.5. The Morgan fingerprint density at radius 1 is 0.979 bits per heavy atom. The number of halogens is 5.